The third-order valence-electron chi connectivity index (χ3n) is 4.83. The summed E-state index contributed by atoms with van der Waals surface area (Å²) in [4.78, 5) is 36.2. The molecule has 0 aliphatic carbocycles. The normalized spacial score (nSPS) is 12.4. The summed E-state index contributed by atoms with van der Waals surface area (Å²) in [5.74, 6) is -2.00. The molecule has 9 nitrogen and oxygen atoms in total. The zero-order chi connectivity index (χ0) is 23.5. The van der Waals surface area contributed by atoms with Gasteiger partial charge < -0.3 is 30.3 Å². The Balaban J connectivity index is 1.98. The number of carbonyl (C=O) groups excluding carboxylic acids is 2. The highest BCUT2D eigenvalue weighted by molar-refractivity contribution is 5.90. The molecule has 4 N–H and O–H groups in total. The second-order valence-electron chi connectivity index (χ2n) is 7.09. The zero-order valence-electron chi connectivity index (χ0n) is 18.0. The van der Waals surface area contributed by atoms with Crippen molar-refractivity contribution in [2.45, 2.75) is 31.3 Å². The van der Waals surface area contributed by atoms with Crippen molar-refractivity contribution in [2.75, 3.05) is 20.8 Å². The van der Waals surface area contributed by atoms with Crippen LogP contribution in [-0.4, -0.2) is 54.9 Å². The van der Waals surface area contributed by atoms with Gasteiger partial charge in [-0.2, -0.15) is 0 Å². The third kappa shape index (κ3) is 7.28. The van der Waals surface area contributed by atoms with Gasteiger partial charge in [0.1, 0.15) is 0 Å². The molecule has 0 aliphatic rings. The van der Waals surface area contributed by atoms with Crippen molar-refractivity contribution in [2.24, 2.45) is 0 Å². The van der Waals surface area contributed by atoms with E-state index in [1.165, 1.54) is 14.2 Å². The van der Waals surface area contributed by atoms with Gasteiger partial charge in [0.05, 0.1) is 26.7 Å². The van der Waals surface area contributed by atoms with Crippen LogP contribution in [0.4, 0.5) is 0 Å². The molecule has 0 saturated carbocycles. The van der Waals surface area contributed by atoms with Crippen molar-refractivity contribution in [3.63, 3.8) is 0 Å². The molecule has 2 atom stereocenters. The van der Waals surface area contributed by atoms with Crippen LogP contribution in [0.25, 0.3) is 0 Å². The van der Waals surface area contributed by atoms with E-state index in [0.29, 0.717) is 30.7 Å². The maximum atomic E-state index is 12.8. The fourth-order valence-electron chi connectivity index (χ4n) is 3.18. The number of nitrogens with one attached hydrogen (secondary N) is 2. The number of aryl methyl sites for hydroxylation is 1. The summed E-state index contributed by atoms with van der Waals surface area (Å²) in [5, 5.41) is 24.6. The molecule has 0 fully saturated rings. The third-order valence-corrected chi connectivity index (χ3v) is 4.83. The number of esters is 1. The zero-order valence-corrected chi connectivity index (χ0v) is 18.0. The molecular formula is C23H28N2O7. The lowest BCUT2D eigenvalue weighted by atomic mass is 10.1. The van der Waals surface area contributed by atoms with Gasteiger partial charge in [-0.1, -0.05) is 36.4 Å². The van der Waals surface area contributed by atoms with E-state index < -0.39 is 36.4 Å². The molecule has 9 heteroatoms. The Morgan fingerprint density at radius 3 is 2.38 bits per heavy atom. The van der Waals surface area contributed by atoms with Crippen LogP contribution in [0.2, 0.25) is 0 Å². The van der Waals surface area contributed by atoms with Crippen molar-refractivity contribution in [1.29, 1.82) is 0 Å². The number of ether oxygens (including phenoxy) is 2. The summed E-state index contributed by atoms with van der Waals surface area (Å²) < 4.78 is 9.80. The van der Waals surface area contributed by atoms with E-state index in [0.717, 1.165) is 5.56 Å². The quantitative estimate of drug-likeness (QED) is 0.288. The average Bonchev–Trinajstić information content (AvgIpc) is 2.79. The van der Waals surface area contributed by atoms with Crippen LogP contribution >= 0.6 is 0 Å². The molecule has 2 aromatic rings. The van der Waals surface area contributed by atoms with Crippen LogP contribution in [-0.2, 0) is 25.5 Å². The number of aliphatic carboxylic acids is 1. The number of carboxylic acid groups (broad SMARTS) is 1. The van der Waals surface area contributed by atoms with Gasteiger partial charge in [-0.25, -0.2) is 4.79 Å². The molecule has 2 aromatic carbocycles. The predicted molar refractivity (Wildman–Crippen MR) is 116 cm³/mol. The Morgan fingerprint density at radius 1 is 1.06 bits per heavy atom. The van der Waals surface area contributed by atoms with Crippen LogP contribution in [0.1, 0.15) is 30.0 Å². The molecule has 172 valence electrons. The van der Waals surface area contributed by atoms with E-state index in [-0.39, 0.29) is 5.75 Å². The van der Waals surface area contributed by atoms with Crippen LogP contribution < -0.4 is 15.4 Å². The highest BCUT2D eigenvalue weighted by Crippen LogP contribution is 2.26. The van der Waals surface area contributed by atoms with E-state index in [2.05, 4.69) is 10.6 Å². The Morgan fingerprint density at radius 2 is 1.78 bits per heavy atom. The molecule has 2 rings (SSSR count). The monoisotopic (exact) mass is 444 g/mol. The van der Waals surface area contributed by atoms with Crippen molar-refractivity contribution in [3.8, 4) is 11.5 Å². The van der Waals surface area contributed by atoms with E-state index >= 15 is 0 Å². The molecule has 0 aromatic heterocycles. The van der Waals surface area contributed by atoms with E-state index in [1.54, 1.807) is 42.5 Å². The SMILES string of the molecule is COC(=O)[C@H](NC(=O)[C@@H](CC(=O)O)NCCCc1ccc(OC)c(O)c1)c1ccccc1. The van der Waals surface area contributed by atoms with Gasteiger partial charge in [0.15, 0.2) is 17.5 Å². The molecule has 1 amide bonds. The topological polar surface area (TPSA) is 134 Å². The molecule has 0 unspecified atom stereocenters. The van der Waals surface area contributed by atoms with Crippen molar-refractivity contribution in [1.82, 2.24) is 10.6 Å². The highest BCUT2D eigenvalue weighted by atomic mass is 16.5. The number of phenols is 1. The summed E-state index contributed by atoms with van der Waals surface area (Å²) >= 11 is 0. The minimum Gasteiger partial charge on any atom is -0.504 e. The van der Waals surface area contributed by atoms with Gasteiger partial charge in [-0.15, -0.1) is 0 Å². The van der Waals surface area contributed by atoms with E-state index in [1.807, 2.05) is 6.07 Å². The minimum absolute atomic E-state index is 0.0378. The van der Waals surface area contributed by atoms with Crippen LogP contribution in [0.3, 0.4) is 0 Å². The number of carbonyl (C=O) groups is 3. The first-order valence-electron chi connectivity index (χ1n) is 10.1. The molecule has 0 aliphatic heterocycles. The van der Waals surface area contributed by atoms with E-state index in [4.69, 9.17) is 9.47 Å². The lowest BCUT2D eigenvalue weighted by Gasteiger charge is -2.21. The maximum absolute atomic E-state index is 12.8. The van der Waals surface area contributed by atoms with Crippen LogP contribution in [0, 0.1) is 0 Å². The van der Waals surface area contributed by atoms with Crippen molar-refractivity contribution in [3.05, 3.63) is 59.7 Å². The number of aromatic hydroxyl groups is 1. The molecule has 0 heterocycles. The van der Waals surface area contributed by atoms with Crippen LogP contribution in [0.5, 0.6) is 11.5 Å². The summed E-state index contributed by atoms with van der Waals surface area (Å²) in [6, 6.07) is 11.6. The Bertz CT molecular complexity index is 918. The number of hydrogen-bond acceptors (Lipinski definition) is 7. The van der Waals surface area contributed by atoms with Gasteiger partial charge in [-0.3, -0.25) is 9.59 Å². The molecular weight excluding hydrogens is 416 g/mol. The number of benzene rings is 2. The predicted octanol–water partition coefficient (Wildman–Crippen LogP) is 1.80. The largest absolute Gasteiger partial charge is 0.504 e. The second-order valence-corrected chi connectivity index (χ2v) is 7.09. The molecule has 0 bridgehead atoms. The smallest absolute Gasteiger partial charge is 0.333 e. The first-order chi connectivity index (χ1) is 15.3. The number of hydrogen-bond donors (Lipinski definition) is 4. The Hall–Kier alpha value is -3.59. The van der Waals surface area contributed by atoms with Gasteiger partial charge >= 0.3 is 11.9 Å². The molecule has 32 heavy (non-hydrogen) atoms. The minimum atomic E-state index is -1.15. The molecule has 0 saturated heterocycles. The van der Waals surface area contributed by atoms with Gasteiger partial charge in [0.25, 0.3) is 0 Å². The molecule has 0 spiro atoms. The number of amides is 1. The molecule has 0 radical (unpaired) electrons. The van der Waals surface area contributed by atoms with Crippen LogP contribution in [0.15, 0.2) is 48.5 Å². The lowest BCUT2D eigenvalue weighted by Crippen LogP contribution is -2.48. The second kappa shape index (κ2) is 12.3. The number of phenolic OH excluding ortho intramolecular Hbond substituents is 1. The summed E-state index contributed by atoms with van der Waals surface area (Å²) in [7, 11) is 2.68. The van der Waals surface area contributed by atoms with Gasteiger partial charge in [0, 0.05) is 0 Å². The fraction of sp³-hybridized carbons (Fsp3) is 0.348. The van der Waals surface area contributed by atoms with Crippen molar-refractivity contribution >= 4 is 17.8 Å². The lowest BCUT2D eigenvalue weighted by molar-refractivity contribution is -0.145. The average molecular weight is 444 g/mol. The first kappa shape index (κ1) is 24.7. The standard InChI is InChI=1S/C23H28N2O7/c1-31-19-11-10-15(13-18(19)26)7-6-12-24-17(14-20(27)28)22(29)25-21(23(30)32-2)16-8-4-3-5-9-16/h3-5,8-11,13,17,21,24,26H,6-7,12,14H2,1-2H3,(H,25,29)(H,27,28)/t17-,21-/m1/s1. The number of rotatable bonds is 12. The summed E-state index contributed by atoms with van der Waals surface area (Å²) in [6.07, 6.45) is 0.743. The first-order valence-corrected chi connectivity index (χ1v) is 10.1. The van der Waals surface area contributed by atoms with Gasteiger partial charge in [-0.05, 0) is 42.6 Å². The maximum Gasteiger partial charge on any atom is 0.333 e. The number of carboxylic acids is 1. The summed E-state index contributed by atoms with van der Waals surface area (Å²) in [5.41, 5.74) is 1.40. The van der Waals surface area contributed by atoms with E-state index in [9.17, 15) is 24.6 Å². The van der Waals surface area contributed by atoms with Crippen molar-refractivity contribution < 1.29 is 34.1 Å². The summed E-state index contributed by atoms with van der Waals surface area (Å²) in [6.45, 7) is 0.354. The Labute approximate surface area is 186 Å². The Kier molecular flexibility index (Phi) is 9.49. The van der Waals surface area contributed by atoms with Gasteiger partial charge in [0.2, 0.25) is 5.91 Å². The fourth-order valence-corrected chi connectivity index (χ4v) is 3.18. The highest BCUT2D eigenvalue weighted by Gasteiger charge is 2.28. The number of methoxy groups -OCH3 is 2.